The lowest BCUT2D eigenvalue weighted by atomic mass is 9.81. The number of anilines is 2. The van der Waals surface area contributed by atoms with Gasteiger partial charge in [-0.15, -0.1) is 0 Å². The summed E-state index contributed by atoms with van der Waals surface area (Å²) >= 11 is 0. The van der Waals surface area contributed by atoms with Crippen LogP contribution in [0.25, 0.3) is 10.8 Å². The molecule has 0 fully saturated rings. The molecule has 22 heavy (non-hydrogen) atoms. The third-order valence-corrected chi connectivity index (χ3v) is 4.78. The zero-order valence-electron chi connectivity index (χ0n) is 13.0. The average molecular weight is 287 g/mol. The van der Waals surface area contributed by atoms with E-state index in [0.717, 1.165) is 0 Å². The lowest BCUT2D eigenvalue weighted by molar-refractivity contribution is 0.649. The third-order valence-electron chi connectivity index (χ3n) is 4.78. The van der Waals surface area contributed by atoms with E-state index in [1.165, 1.54) is 52.5 Å². The maximum absolute atomic E-state index is 3.69. The molecule has 1 N–H and O–H groups in total. The van der Waals surface area contributed by atoms with Crippen molar-refractivity contribution in [3.8, 4) is 0 Å². The largest absolute Gasteiger partial charge is 0.355 e. The minimum atomic E-state index is 0.511. The second-order valence-corrected chi connectivity index (χ2v) is 6.16. The monoisotopic (exact) mass is 287 g/mol. The fourth-order valence-corrected chi connectivity index (χ4v) is 3.65. The van der Waals surface area contributed by atoms with Crippen molar-refractivity contribution in [2.45, 2.75) is 32.1 Å². The topological polar surface area (TPSA) is 12.0 Å². The van der Waals surface area contributed by atoms with E-state index < -0.39 is 0 Å². The quantitative estimate of drug-likeness (QED) is 0.603. The van der Waals surface area contributed by atoms with Gasteiger partial charge >= 0.3 is 0 Å². The van der Waals surface area contributed by atoms with Crippen molar-refractivity contribution in [1.82, 2.24) is 0 Å². The van der Waals surface area contributed by atoms with Gasteiger partial charge in [-0.05, 0) is 29.0 Å². The molecule has 0 bridgehead atoms. The highest BCUT2D eigenvalue weighted by Crippen LogP contribution is 2.46. The van der Waals surface area contributed by atoms with Crippen molar-refractivity contribution in [2.24, 2.45) is 0 Å². The molecular formula is C21H21N. The molecule has 0 saturated heterocycles. The van der Waals surface area contributed by atoms with Crippen LogP contribution in [0.2, 0.25) is 0 Å². The normalized spacial score (nSPS) is 16.0. The number of rotatable bonds is 3. The number of fused-ring (bicyclic) bond motifs is 4. The van der Waals surface area contributed by atoms with Crippen LogP contribution < -0.4 is 5.32 Å². The first-order valence-corrected chi connectivity index (χ1v) is 8.26. The van der Waals surface area contributed by atoms with Crippen LogP contribution in [0.4, 0.5) is 11.4 Å². The lowest BCUT2D eigenvalue weighted by Crippen LogP contribution is -2.13. The Morgan fingerprint density at radius 2 is 1.68 bits per heavy atom. The number of benzene rings is 3. The molecule has 0 saturated carbocycles. The summed E-state index contributed by atoms with van der Waals surface area (Å²) in [6, 6.07) is 22.0. The third kappa shape index (κ3) is 2.09. The van der Waals surface area contributed by atoms with Gasteiger partial charge in [-0.2, -0.15) is 0 Å². The van der Waals surface area contributed by atoms with Crippen molar-refractivity contribution in [3.63, 3.8) is 0 Å². The molecule has 4 rings (SSSR count). The lowest BCUT2D eigenvalue weighted by Gasteiger charge is -2.30. The molecule has 0 amide bonds. The predicted octanol–water partition coefficient (Wildman–Crippen LogP) is 6.22. The molecule has 1 aliphatic rings. The van der Waals surface area contributed by atoms with Crippen molar-refractivity contribution in [1.29, 1.82) is 0 Å². The molecule has 1 nitrogen and oxygen atoms in total. The molecule has 0 aromatic heterocycles. The van der Waals surface area contributed by atoms with E-state index in [9.17, 15) is 0 Å². The van der Waals surface area contributed by atoms with E-state index in [4.69, 9.17) is 0 Å². The summed E-state index contributed by atoms with van der Waals surface area (Å²) in [4.78, 5) is 0. The fraction of sp³-hybridized carbons (Fsp3) is 0.238. The Morgan fingerprint density at radius 3 is 2.59 bits per heavy atom. The highest BCUT2D eigenvalue weighted by atomic mass is 14.9. The molecule has 0 spiro atoms. The van der Waals surface area contributed by atoms with E-state index in [1.807, 2.05) is 0 Å². The molecular weight excluding hydrogens is 266 g/mol. The molecule has 3 aromatic rings. The molecule has 110 valence electrons. The van der Waals surface area contributed by atoms with Crippen molar-refractivity contribution < 1.29 is 0 Å². The van der Waals surface area contributed by atoms with E-state index in [-0.39, 0.29) is 0 Å². The summed E-state index contributed by atoms with van der Waals surface area (Å²) in [7, 11) is 0. The molecule has 1 heterocycles. The van der Waals surface area contributed by atoms with Gasteiger partial charge in [0.05, 0.1) is 5.69 Å². The van der Waals surface area contributed by atoms with Crippen LogP contribution in [-0.2, 0) is 0 Å². The Hall–Kier alpha value is -2.28. The molecule has 1 heteroatoms. The van der Waals surface area contributed by atoms with Crippen LogP contribution in [0, 0.1) is 0 Å². The Balaban J connectivity index is 1.92. The highest BCUT2D eigenvalue weighted by molar-refractivity contribution is 5.99. The van der Waals surface area contributed by atoms with Gasteiger partial charge in [0.15, 0.2) is 0 Å². The van der Waals surface area contributed by atoms with Gasteiger partial charge in [-0.1, -0.05) is 74.4 Å². The maximum atomic E-state index is 3.69. The first-order valence-electron chi connectivity index (χ1n) is 8.26. The Morgan fingerprint density at radius 1 is 0.864 bits per heavy atom. The molecule has 0 aliphatic carbocycles. The molecule has 1 aliphatic heterocycles. The average Bonchev–Trinajstić information content (AvgIpc) is 2.58. The van der Waals surface area contributed by atoms with E-state index in [0.29, 0.717) is 5.92 Å². The standard InChI is InChI=1S/C21H21N/c1-2-3-9-17-18-11-6-7-12-20(18)22-21-16-10-5-4-8-15(16)13-14-19(17)21/h4-8,10-14,17,22H,2-3,9H2,1H3. The summed E-state index contributed by atoms with van der Waals surface area (Å²) in [5, 5.41) is 6.33. The van der Waals surface area contributed by atoms with E-state index in [1.54, 1.807) is 0 Å². The SMILES string of the molecule is CCCCC1c2ccccc2Nc2c1ccc1ccccc21. The summed E-state index contributed by atoms with van der Waals surface area (Å²) in [5.74, 6) is 0.511. The summed E-state index contributed by atoms with van der Waals surface area (Å²) in [6.07, 6.45) is 3.74. The van der Waals surface area contributed by atoms with Crippen LogP contribution in [0.15, 0.2) is 60.7 Å². The fourth-order valence-electron chi connectivity index (χ4n) is 3.65. The Labute approximate surface area is 132 Å². The van der Waals surface area contributed by atoms with Gasteiger partial charge in [-0.3, -0.25) is 0 Å². The first-order chi connectivity index (χ1) is 10.9. The van der Waals surface area contributed by atoms with Crippen molar-refractivity contribution >= 4 is 22.1 Å². The van der Waals surface area contributed by atoms with E-state index in [2.05, 4.69) is 72.9 Å². The summed E-state index contributed by atoms with van der Waals surface area (Å²) < 4.78 is 0. The number of para-hydroxylation sites is 1. The predicted molar refractivity (Wildman–Crippen MR) is 95.0 cm³/mol. The molecule has 1 atom stereocenters. The van der Waals surface area contributed by atoms with Gasteiger partial charge in [0.2, 0.25) is 0 Å². The molecule has 3 aromatic carbocycles. The minimum Gasteiger partial charge on any atom is -0.355 e. The Bertz CT molecular complexity index is 819. The smallest absolute Gasteiger partial charge is 0.0502 e. The van der Waals surface area contributed by atoms with Gasteiger partial charge in [0.1, 0.15) is 0 Å². The summed E-state index contributed by atoms with van der Waals surface area (Å²) in [6.45, 7) is 2.27. The number of unbranched alkanes of at least 4 members (excludes halogenated alkanes) is 1. The summed E-state index contributed by atoms with van der Waals surface area (Å²) in [5.41, 5.74) is 5.47. The molecule has 1 unspecified atom stereocenters. The van der Waals surface area contributed by atoms with Crippen molar-refractivity contribution in [3.05, 3.63) is 71.8 Å². The van der Waals surface area contributed by atoms with Crippen LogP contribution in [0.3, 0.4) is 0 Å². The number of hydrogen-bond donors (Lipinski definition) is 1. The number of nitrogens with one attached hydrogen (secondary N) is 1. The van der Waals surface area contributed by atoms with Crippen LogP contribution >= 0.6 is 0 Å². The maximum Gasteiger partial charge on any atom is 0.0502 e. The zero-order chi connectivity index (χ0) is 14.9. The second kappa shape index (κ2) is 5.49. The molecule has 0 radical (unpaired) electrons. The minimum absolute atomic E-state index is 0.511. The number of hydrogen-bond acceptors (Lipinski definition) is 1. The zero-order valence-corrected chi connectivity index (χ0v) is 13.0. The van der Waals surface area contributed by atoms with Crippen LogP contribution in [-0.4, -0.2) is 0 Å². The second-order valence-electron chi connectivity index (χ2n) is 6.16. The Kier molecular flexibility index (Phi) is 3.34. The van der Waals surface area contributed by atoms with E-state index >= 15 is 0 Å². The van der Waals surface area contributed by atoms with Crippen LogP contribution in [0.1, 0.15) is 43.2 Å². The van der Waals surface area contributed by atoms with Gasteiger partial charge < -0.3 is 5.32 Å². The first kappa shape index (κ1) is 13.4. The van der Waals surface area contributed by atoms with Gasteiger partial charge in [-0.25, -0.2) is 0 Å². The highest BCUT2D eigenvalue weighted by Gasteiger charge is 2.25. The van der Waals surface area contributed by atoms with Gasteiger partial charge in [0, 0.05) is 17.0 Å². The van der Waals surface area contributed by atoms with Crippen molar-refractivity contribution in [2.75, 3.05) is 5.32 Å². The van der Waals surface area contributed by atoms with Crippen LogP contribution in [0.5, 0.6) is 0 Å². The van der Waals surface area contributed by atoms with Gasteiger partial charge in [0.25, 0.3) is 0 Å².